The first kappa shape index (κ1) is 16.3. The Morgan fingerprint density at radius 3 is 2.42 bits per heavy atom. The number of nitrogens with zero attached hydrogens (tertiary/aromatic N) is 1. The van der Waals surface area contributed by atoms with Crippen molar-refractivity contribution in [2.45, 2.75) is 12.2 Å². The van der Waals surface area contributed by atoms with Crippen molar-refractivity contribution >= 4 is 5.91 Å². The zero-order valence-corrected chi connectivity index (χ0v) is 13.2. The number of likely N-dealkylation sites (tertiary alicyclic amines) is 1. The van der Waals surface area contributed by atoms with E-state index in [1.165, 1.54) is 29.2 Å². The molecule has 0 bridgehead atoms. The second-order valence-corrected chi connectivity index (χ2v) is 5.59. The molecule has 24 heavy (non-hydrogen) atoms. The minimum atomic E-state index is -1.29. The Kier molecular flexibility index (Phi) is 4.66. The normalized spacial score (nSPS) is 15.5. The molecule has 0 saturated carbocycles. The first-order chi connectivity index (χ1) is 11.6. The maximum atomic E-state index is 12.9. The second kappa shape index (κ2) is 6.88. The summed E-state index contributed by atoms with van der Waals surface area (Å²) in [6, 6.07) is 12.5. The molecule has 3 rings (SSSR count). The fourth-order valence-corrected chi connectivity index (χ4v) is 2.55. The number of aliphatic hydroxyl groups is 1. The van der Waals surface area contributed by atoms with Crippen LogP contribution in [0.4, 0.5) is 4.39 Å². The van der Waals surface area contributed by atoms with Gasteiger partial charge in [0.05, 0.1) is 20.2 Å². The van der Waals surface area contributed by atoms with Crippen molar-refractivity contribution in [1.29, 1.82) is 0 Å². The van der Waals surface area contributed by atoms with Crippen molar-refractivity contribution in [2.75, 3.05) is 20.2 Å². The lowest BCUT2D eigenvalue weighted by Crippen LogP contribution is -2.57. The van der Waals surface area contributed by atoms with Gasteiger partial charge in [0.15, 0.2) is 17.6 Å². The van der Waals surface area contributed by atoms with Crippen molar-refractivity contribution in [3.05, 3.63) is 59.9 Å². The minimum Gasteiger partial charge on any atom is -0.493 e. The van der Waals surface area contributed by atoms with E-state index in [-0.39, 0.29) is 6.10 Å². The molecule has 1 amide bonds. The van der Waals surface area contributed by atoms with Crippen LogP contribution < -0.4 is 9.47 Å². The van der Waals surface area contributed by atoms with E-state index in [1.807, 2.05) is 12.1 Å². The Bertz CT molecular complexity index is 713. The third-order valence-electron chi connectivity index (χ3n) is 3.94. The summed E-state index contributed by atoms with van der Waals surface area (Å²) in [6.45, 7) is 0.768. The number of methoxy groups -OCH3 is 1. The number of rotatable bonds is 5. The lowest BCUT2D eigenvalue weighted by Gasteiger charge is -2.40. The molecule has 0 spiro atoms. The van der Waals surface area contributed by atoms with E-state index in [2.05, 4.69) is 0 Å². The largest absolute Gasteiger partial charge is 0.493 e. The molecule has 0 aliphatic carbocycles. The molecular weight excluding hydrogens is 313 g/mol. The highest BCUT2D eigenvalue weighted by Gasteiger charge is 2.36. The van der Waals surface area contributed by atoms with Gasteiger partial charge in [-0.3, -0.25) is 4.79 Å². The van der Waals surface area contributed by atoms with Gasteiger partial charge in [0, 0.05) is 0 Å². The molecule has 1 atom stereocenters. The number of amides is 1. The molecule has 1 heterocycles. The van der Waals surface area contributed by atoms with Crippen LogP contribution in [0.1, 0.15) is 11.7 Å². The molecule has 2 aromatic rings. The summed E-state index contributed by atoms with van der Waals surface area (Å²) < 4.78 is 23.9. The van der Waals surface area contributed by atoms with Crippen LogP contribution in [0.2, 0.25) is 0 Å². The average Bonchev–Trinajstić information content (AvgIpc) is 2.57. The molecule has 1 saturated heterocycles. The molecule has 0 aromatic heterocycles. The molecule has 0 unspecified atom stereocenters. The maximum absolute atomic E-state index is 12.9. The van der Waals surface area contributed by atoms with Gasteiger partial charge in [0.2, 0.25) is 0 Å². The number of para-hydroxylation sites is 2. The first-order valence-electron chi connectivity index (χ1n) is 7.60. The van der Waals surface area contributed by atoms with Crippen LogP contribution in [-0.2, 0) is 4.79 Å². The van der Waals surface area contributed by atoms with Crippen molar-refractivity contribution in [3.63, 3.8) is 0 Å². The molecular formula is C18H18FNO4. The van der Waals surface area contributed by atoms with E-state index >= 15 is 0 Å². The van der Waals surface area contributed by atoms with Gasteiger partial charge in [-0.15, -0.1) is 0 Å². The molecule has 1 N–H and O–H groups in total. The van der Waals surface area contributed by atoms with E-state index in [0.29, 0.717) is 30.2 Å². The molecule has 0 radical (unpaired) electrons. The average molecular weight is 331 g/mol. The van der Waals surface area contributed by atoms with Gasteiger partial charge in [-0.25, -0.2) is 4.39 Å². The predicted molar refractivity (Wildman–Crippen MR) is 85.3 cm³/mol. The smallest absolute Gasteiger partial charge is 0.256 e. The minimum absolute atomic E-state index is 0.148. The Morgan fingerprint density at radius 1 is 1.17 bits per heavy atom. The van der Waals surface area contributed by atoms with Crippen LogP contribution in [0.15, 0.2) is 48.5 Å². The van der Waals surface area contributed by atoms with E-state index < -0.39 is 17.8 Å². The maximum Gasteiger partial charge on any atom is 0.256 e. The molecule has 1 aliphatic heterocycles. The van der Waals surface area contributed by atoms with E-state index in [0.717, 1.165) is 0 Å². The highest BCUT2D eigenvalue weighted by Crippen LogP contribution is 2.29. The fourth-order valence-electron chi connectivity index (χ4n) is 2.55. The van der Waals surface area contributed by atoms with Crippen molar-refractivity contribution in [1.82, 2.24) is 4.90 Å². The summed E-state index contributed by atoms with van der Waals surface area (Å²) >= 11 is 0. The number of carbonyl (C=O) groups excluding carboxylic acids is 1. The van der Waals surface area contributed by atoms with Gasteiger partial charge in [0.25, 0.3) is 5.91 Å². The Hall–Kier alpha value is -2.60. The van der Waals surface area contributed by atoms with Crippen LogP contribution in [0.25, 0.3) is 0 Å². The van der Waals surface area contributed by atoms with Crippen LogP contribution in [-0.4, -0.2) is 42.2 Å². The number of hydrogen-bond donors (Lipinski definition) is 1. The van der Waals surface area contributed by atoms with Gasteiger partial charge < -0.3 is 19.5 Å². The number of benzene rings is 2. The topological polar surface area (TPSA) is 59.0 Å². The lowest BCUT2D eigenvalue weighted by molar-refractivity contribution is -0.149. The summed E-state index contributed by atoms with van der Waals surface area (Å²) in [5, 5.41) is 10.1. The number of ether oxygens (including phenoxy) is 2. The zero-order chi connectivity index (χ0) is 17.1. The molecule has 6 heteroatoms. The van der Waals surface area contributed by atoms with Crippen LogP contribution in [0.5, 0.6) is 11.5 Å². The standard InChI is InChI=1S/C18H18FNO4/c1-23-15-4-2-3-5-16(15)24-14-10-20(11-14)18(22)17(21)12-6-8-13(19)9-7-12/h2-9,14,17,21H,10-11H2,1H3/t17-/m1/s1. The monoisotopic (exact) mass is 331 g/mol. The third-order valence-corrected chi connectivity index (χ3v) is 3.94. The SMILES string of the molecule is COc1ccccc1OC1CN(C(=O)[C@H](O)c2ccc(F)cc2)C1. The van der Waals surface area contributed by atoms with Crippen molar-refractivity contribution < 1.29 is 23.8 Å². The summed E-state index contributed by atoms with van der Waals surface area (Å²) in [4.78, 5) is 13.7. The Labute approximate surface area is 139 Å². The van der Waals surface area contributed by atoms with Gasteiger partial charge >= 0.3 is 0 Å². The molecule has 1 fully saturated rings. The number of aliphatic hydroxyl groups excluding tert-OH is 1. The first-order valence-corrected chi connectivity index (χ1v) is 7.60. The summed E-state index contributed by atoms with van der Waals surface area (Å²) in [5.41, 5.74) is 0.371. The van der Waals surface area contributed by atoms with Gasteiger partial charge in [0.1, 0.15) is 11.9 Å². The Balaban J connectivity index is 1.56. The second-order valence-electron chi connectivity index (χ2n) is 5.59. The van der Waals surface area contributed by atoms with Crippen LogP contribution in [0, 0.1) is 5.82 Å². The highest BCUT2D eigenvalue weighted by molar-refractivity contribution is 5.82. The fraction of sp³-hybridized carbons (Fsp3) is 0.278. The van der Waals surface area contributed by atoms with Gasteiger partial charge in [-0.1, -0.05) is 24.3 Å². The molecule has 126 valence electrons. The van der Waals surface area contributed by atoms with E-state index in [1.54, 1.807) is 19.2 Å². The van der Waals surface area contributed by atoms with Crippen molar-refractivity contribution in [3.8, 4) is 11.5 Å². The van der Waals surface area contributed by atoms with Crippen LogP contribution in [0.3, 0.4) is 0 Å². The third kappa shape index (κ3) is 3.33. The summed E-state index contributed by atoms with van der Waals surface area (Å²) in [7, 11) is 1.57. The quantitative estimate of drug-likeness (QED) is 0.912. The van der Waals surface area contributed by atoms with Gasteiger partial charge in [-0.05, 0) is 29.8 Å². The molecule has 2 aromatic carbocycles. The Morgan fingerprint density at radius 2 is 1.79 bits per heavy atom. The number of halogens is 1. The summed E-state index contributed by atoms with van der Waals surface area (Å²) in [5.74, 6) is 0.430. The number of hydrogen-bond acceptors (Lipinski definition) is 4. The van der Waals surface area contributed by atoms with Crippen LogP contribution >= 0.6 is 0 Å². The summed E-state index contributed by atoms with van der Waals surface area (Å²) in [6.07, 6.45) is -1.44. The van der Waals surface area contributed by atoms with E-state index in [9.17, 15) is 14.3 Å². The number of carbonyl (C=O) groups is 1. The predicted octanol–water partition coefficient (Wildman–Crippen LogP) is 2.16. The molecule has 1 aliphatic rings. The lowest BCUT2D eigenvalue weighted by atomic mass is 10.1. The van der Waals surface area contributed by atoms with Crippen molar-refractivity contribution in [2.24, 2.45) is 0 Å². The van der Waals surface area contributed by atoms with Gasteiger partial charge in [-0.2, -0.15) is 0 Å². The zero-order valence-electron chi connectivity index (χ0n) is 13.2. The highest BCUT2D eigenvalue weighted by atomic mass is 19.1. The van der Waals surface area contributed by atoms with E-state index in [4.69, 9.17) is 9.47 Å². The molecule has 5 nitrogen and oxygen atoms in total.